The maximum Gasteiger partial charge on any atom is 0.227 e. The molecule has 0 saturated carbocycles. The molecule has 0 bridgehead atoms. The van der Waals surface area contributed by atoms with Crippen molar-refractivity contribution >= 4 is 17.5 Å². The van der Waals surface area contributed by atoms with E-state index in [1.54, 1.807) is 9.80 Å². The van der Waals surface area contributed by atoms with Crippen LogP contribution in [0, 0.1) is 5.92 Å². The Bertz CT molecular complexity index is 1180. The zero-order valence-electron chi connectivity index (χ0n) is 19.2. The van der Waals surface area contributed by atoms with Crippen molar-refractivity contribution in [2.75, 3.05) is 38.3 Å². The fourth-order valence-electron chi connectivity index (χ4n) is 4.50. The van der Waals surface area contributed by atoms with Gasteiger partial charge in [0, 0.05) is 49.6 Å². The number of H-pyrrole nitrogens is 1. The van der Waals surface area contributed by atoms with Crippen molar-refractivity contribution in [2.24, 2.45) is 5.92 Å². The molecular formula is C26H28N4O4. The molecule has 2 aromatic carbocycles. The van der Waals surface area contributed by atoms with Crippen LogP contribution in [0.25, 0.3) is 11.3 Å². The third-order valence-corrected chi connectivity index (χ3v) is 6.33. The summed E-state index contributed by atoms with van der Waals surface area (Å²) >= 11 is 0. The van der Waals surface area contributed by atoms with Crippen molar-refractivity contribution in [1.82, 2.24) is 15.1 Å². The molecule has 5 rings (SSSR count). The molecule has 1 unspecified atom stereocenters. The molecule has 34 heavy (non-hydrogen) atoms. The molecule has 1 aromatic heterocycles. The molecule has 3 aromatic rings. The molecule has 8 nitrogen and oxygen atoms in total. The number of ether oxygens (including phenoxy) is 2. The summed E-state index contributed by atoms with van der Waals surface area (Å²) in [5.41, 5.74) is 3.77. The Morgan fingerprint density at radius 2 is 1.91 bits per heavy atom. The molecule has 0 radical (unpaired) electrons. The molecule has 2 aliphatic rings. The lowest BCUT2D eigenvalue weighted by atomic mass is 10.1. The van der Waals surface area contributed by atoms with Crippen LogP contribution >= 0.6 is 0 Å². The SMILES string of the molecule is CN(CCCc1cc(-c2ccccc2)n[nH]1)C(=O)C1CC(=O)N(c2ccc3c(c2)OCCO3)C1. The van der Waals surface area contributed by atoms with Crippen LogP contribution in [-0.4, -0.2) is 60.3 Å². The van der Waals surface area contributed by atoms with E-state index in [1.165, 1.54) is 0 Å². The van der Waals surface area contributed by atoms with Gasteiger partial charge in [-0.25, -0.2) is 0 Å². The van der Waals surface area contributed by atoms with E-state index < -0.39 is 0 Å². The molecule has 8 heteroatoms. The molecule has 3 heterocycles. The smallest absolute Gasteiger partial charge is 0.227 e. The van der Waals surface area contributed by atoms with E-state index in [9.17, 15) is 9.59 Å². The number of hydrogen-bond donors (Lipinski definition) is 1. The van der Waals surface area contributed by atoms with Gasteiger partial charge in [0.1, 0.15) is 13.2 Å². The number of aromatic nitrogens is 2. The standard InChI is InChI=1S/C26H28N4O4/c1-29(11-5-8-20-15-22(28-27-20)18-6-3-2-4-7-18)26(32)19-14-25(31)30(17-19)21-9-10-23-24(16-21)34-13-12-33-23/h2-4,6-7,9-10,15-16,19H,5,8,11-14,17H2,1H3,(H,27,28). The van der Waals surface area contributed by atoms with Crippen LogP contribution < -0.4 is 14.4 Å². The number of aryl methyl sites for hydroxylation is 1. The molecule has 0 spiro atoms. The van der Waals surface area contributed by atoms with Crippen molar-refractivity contribution in [1.29, 1.82) is 0 Å². The Labute approximate surface area is 198 Å². The first-order valence-electron chi connectivity index (χ1n) is 11.6. The summed E-state index contributed by atoms with van der Waals surface area (Å²) in [7, 11) is 1.81. The van der Waals surface area contributed by atoms with Gasteiger partial charge in [0.05, 0.1) is 11.6 Å². The number of nitrogens with zero attached hydrogens (tertiary/aromatic N) is 3. The van der Waals surface area contributed by atoms with Crippen LogP contribution in [-0.2, 0) is 16.0 Å². The van der Waals surface area contributed by atoms with Gasteiger partial charge in [0.2, 0.25) is 11.8 Å². The fourth-order valence-corrected chi connectivity index (χ4v) is 4.50. The minimum atomic E-state index is -0.345. The first kappa shape index (κ1) is 22.0. The zero-order chi connectivity index (χ0) is 23.5. The van der Waals surface area contributed by atoms with Crippen molar-refractivity contribution in [2.45, 2.75) is 19.3 Å². The number of nitrogens with one attached hydrogen (secondary N) is 1. The highest BCUT2D eigenvalue weighted by atomic mass is 16.6. The average Bonchev–Trinajstić information content (AvgIpc) is 3.50. The molecule has 176 valence electrons. The number of hydrogen-bond acceptors (Lipinski definition) is 5. The first-order valence-corrected chi connectivity index (χ1v) is 11.6. The summed E-state index contributed by atoms with van der Waals surface area (Å²) in [6.07, 6.45) is 1.83. The topological polar surface area (TPSA) is 87.8 Å². The Morgan fingerprint density at radius 3 is 2.74 bits per heavy atom. The van der Waals surface area contributed by atoms with E-state index in [0.717, 1.165) is 35.5 Å². The maximum absolute atomic E-state index is 13.0. The quantitative estimate of drug-likeness (QED) is 0.585. The normalized spacial score (nSPS) is 17.1. The van der Waals surface area contributed by atoms with Gasteiger partial charge in [0.15, 0.2) is 11.5 Å². The minimum Gasteiger partial charge on any atom is -0.486 e. The third-order valence-electron chi connectivity index (χ3n) is 6.33. The molecule has 1 atom stereocenters. The number of amides is 2. The summed E-state index contributed by atoms with van der Waals surface area (Å²) in [5, 5.41) is 7.48. The second kappa shape index (κ2) is 9.59. The lowest BCUT2D eigenvalue weighted by Gasteiger charge is -2.23. The maximum atomic E-state index is 13.0. The predicted octanol–water partition coefficient (Wildman–Crippen LogP) is 3.29. The van der Waals surface area contributed by atoms with Gasteiger partial charge < -0.3 is 19.3 Å². The van der Waals surface area contributed by atoms with Crippen molar-refractivity contribution in [3.8, 4) is 22.8 Å². The molecule has 1 fully saturated rings. The summed E-state index contributed by atoms with van der Waals surface area (Å²) in [5.74, 6) is 0.930. The van der Waals surface area contributed by atoms with Gasteiger partial charge in [-0.3, -0.25) is 14.7 Å². The van der Waals surface area contributed by atoms with E-state index in [-0.39, 0.29) is 24.2 Å². The Balaban J connectivity index is 1.14. The highest BCUT2D eigenvalue weighted by Crippen LogP contribution is 2.36. The predicted molar refractivity (Wildman–Crippen MR) is 128 cm³/mol. The van der Waals surface area contributed by atoms with E-state index in [4.69, 9.17) is 9.47 Å². The van der Waals surface area contributed by atoms with E-state index >= 15 is 0 Å². The van der Waals surface area contributed by atoms with Crippen LogP contribution in [0.4, 0.5) is 5.69 Å². The van der Waals surface area contributed by atoms with Gasteiger partial charge in [-0.05, 0) is 31.0 Å². The number of rotatable bonds is 7. The Kier molecular flexibility index (Phi) is 6.20. The highest BCUT2D eigenvalue weighted by Gasteiger charge is 2.36. The van der Waals surface area contributed by atoms with Gasteiger partial charge in [-0.15, -0.1) is 0 Å². The van der Waals surface area contributed by atoms with E-state index in [2.05, 4.69) is 16.3 Å². The molecule has 2 amide bonds. The average molecular weight is 461 g/mol. The monoisotopic (exact) mass is 460 g/mol. The Hall–Kier alpha value is -3.81. The molecular weight excluding hydrogens is 432 g/mol. The van der Waals surface area contributed by atoms with E-state index in [1.807, 2.05) is 55.6 Å². The summed E-state index contributed by atoms with van der Waals surface area (Å²) in [4.78, 5) is 29.1. The second-order valence-corrected chi connectivity index (χ2v) is 8.74. The van der Waals surface area contributed by atoms with Gasteiger partial charge in [0.25, 0.3) is 0 Å². The Morgan fingerprint density at radius 1 is 1.12 bits per heavy atom. The largest absolute Gasteiger partial charge is 0.486 e. The molecule has 0 aliphatic carbocycles. The number of fused-ring (bicyclic) bond motifs is 1. The zero-order valence-corrected chi connectivity index (χ0v) is 19.2. The molecule has 1 saturated heterocycles. The number of carbonyl (C=O) groups excluding carboxylic acids is 2. The molecule has 2 aliphatic heterocycles. The minimum absolute atomic E-state index is 0.00276. The summed E-state index contributed by atoms with van der Waals surface area (Å²) < 4.78 is 11.2. The lowest BCUT2D eigenvalue weighted by molar-refractivity contribution is -0.134. The van der Waals surface area contributed by atoms with Crippen molar-refractivity contribution in [3.63, 3.8) is 0 Å². The number of anilines is 1. The van der Waals surface area contributed by atoms with E-state index in [0.29, 0.717) is 37.8 Å². The number of benzene rings is 2. The third kappa shape index (κ3) is 4.62. The number of carbonyl (C=O) groups is 2. The summed E-state index contributed by atoms with van der Waals surface area (Å²) in [6.45, 7) is 2.00. The van der Waals surface area contributed by atoms with Gasteiger partial charge >= 0.3 is 0 Å². The molecule has 1 N–H and O–H groups in total. The lowest BCUT2D eigenvalue weighted by Crippen LogP contribution is -2.35. The van der Waals surface area contributed by atoms with Gasteiger partial charge in [-0.2, -0.15) is 5.10 Å². The number of aromatic amines is 1. The van der Waals surface area contributed by atoms with Crippen LogP contribution in [0.15, 0.2) is 54.6 Å². The van der Waals surface area contributed by atoms with Crippen LogP contribution in [0.2, 0.25) is 0 Å². The fraction of sp³-hybridized carbons (Fsp3) is 0.346. The second-order valence-electron chi connectivity index (χ2n) is 8.74. The first-order chi connectivity index (χ1) is 16.6. The van der Waals surface area contributed by atoms with Gasteiger partial charge in [-0.1, -0.05) is 30.3 Å². The highest BCUT2D eigenvalue weighted by molar-refractivity contribution is 6.00. The van der Waals surface area contributed by atoms with Crippen LogP contribution in [0.5, 0.6) is 11.5 Å². The summed E-state index contributed by atoms with van der Waals surface area (Å²) in [6, 6.07) is 17.6. The van der Waals surface area contributed by atoms with Crippen LogP contribution in [0.1, 0.15) is 18.5 Å². The van der Waals surface area contributed by atoms with Crippen LogP contribution in [0.3, 0.4) is 0 Å². The van der Waals surface area contributed by atoms with Crippen molar-refractivity contribution in [3.05, 3.63) is 60.3 Å². The van der Waals surface area contributed by atoms with Crippen molar-refractivity contribution < 1.29 is 19.1 Å².